The molecule has 0 radical (unpaired) electrons. The Bertz CT molecular complexity index is 911. The van der Waals surface area contributed by atoms with E-state index in [0.717, 1.165) is 10.2 Å². The SMILES string of the molecule is C[C@H](Sc1nc(N)c2ccsc2n1)C(=O)Nc1sccc1C#N. The van der Waals surface area contributed by atoms with Crippen LogP contribution < -0.4 is 11.1 Å². The minimum Gasteiger partial charge on any atom is -0.383 e. The molecule has 1 amide bonds. The fourth-order valence-electron chi connectivity index (χ4n) is 1.83. The molecule has 3 heterocycles. The number of carbonyl (C=O) groups is 1. The first-order valence-corrected chi connectivity index (χ1v) is 9.18. The van der Waals surface area contributed by atoms with Crippen LogP contribution in [0.15, 0.2) is 28.0 Å². The number of hydrogen-bond acceptors (Lipinski definition) is 8. The molecular formula is C14H11N5OS3. The van der Waals surface area contributed by atoms with Crippen molar-refractivity contribution in [2.24, 2.45) is 0 Å². The average molecular weight is 361 g/mol. The summed E-state index contributed by atoms with van der Waals surface area (Å²) in [4.78, 5) is 21.7. The Labute approximate surface area is 144 Å². The third-order valence-corrected chi connectivity index (χ3v) is 5.61. The van der Waals surface area contributed by atoms with Gasteiger partial charge in [-0.15, -0.1) is 22.7 Å². The molecule has 3 N–H and O–H groups in total. The highest BCUT2D eigenvalue weighted by Gasteiger charge is 2.19. The van der Waals surface area contributed by atoms with Crippen molar-refractivity contribution >= 4 is 61.4 Å². The van der Waals surface area contributed by atoms with Crippen molar-refractivity contribution in [3.63, 3.8) is 0 Å². The minimum absolute atomic E-state index is 0.206. The van der Waals surface area contributed by atoms with Gasteiger partial charge in [0.05, 0.1) is 16.2 Å². The molecule has 0 fully saturated rings. The molecule has 23 heavy (non-hydrogen) atoms. The first-order valence-electron chi connectivity index (χ1n) is 6.54. The first-order chi connectivity index (χ1) is 11.1. The maximum Gasteiger partial charge on any atom is 0.238 e. The summed E-state index contributed by atoms with van der Waals surface area (Å²) in [6, 6.07) is 5.59. The van der Waals surface area contributed by atoms with E-state index in [4.69, 9.17) is 11.0 Å². The number of hydrogen-bond donors (Lipinski definition) is 2. The molecule has 0 saturated heterocycles. The van der Waals surface area contributed by atoms with Crippen LogP contribution in [0, 0.1) is 11.3 Å². The molecule has 0 spiro atoms. The summed E-state index contributed by atoms with van der Waals surface area (Å²) in [6.45, 7) is 1.76. The Hall–Kier alpha value is -2.15. The normalized spacial score (nSPS) is 12.0. The molecule has 0 saturated carbocycles. The van der Waals surface area contributed by atoms with E-state index < -0.39 is 5.25 Å². The van der Waals surface area contributed by atoms with Crippen LogP contribution >= 0.6 is 34.4 Å². The zero-order valence-corrected chi connectivity index (χ0v) is 14.4. The maximum atomic E-state index is 12.3. The molecule has 9 heteroatoms. The van der Waals surface area contributed by atoms with Gasteiger partial charge in [-0.2, -0.15) is 5.26 Å². The summed E-state index contributed by atoms with van der Waals surface area (Å²) < 4.78 is 0. The van der Waals surface area contributed by atoms with E-state index >= 15 is 0 Å². The van der Waals surface area contributed by atoms with Crippen LogP contribution in [0.3, 0.4) is 0 Å². The Kier molecular flexibility index (Phi) is 4.47. The summed E-state index contributed by atoms with van der Waals surface area (Å²) >= 11 is 4.03. The van der Waals surface area contributed by atoms with Crippen LogP contribution in [0.4, 0.5) is 10.8 Å². The second kappa shape index (κ2) is 6.54. The molecule has 3 aromatic rings. The highest BCUT2D eigenvalue weighted by atomic mass is 32.2. The molecule has 116 valence electrons. The number of thiophene rings is 2. The van der Waals surface area contributed by atoms with Crippen molar-refractivity contribution in [3.8, 4) is 6.07 Å². The van der Waals surface area contributed by atoms with Crippen molar-refractivity contribution in [2.45, 2.75) is 17.3 Å². The Morgan fingerprint density at radius 1 is 1.39 bits per heavy atom. The third kappa shape index (κ3) is 3.29. The van der Waals surface area contributed by atoms with Crippen LogP contribution in [0.25, 0.3) is 10.2 Å². The van der Waals surface area contributed by atoms with Crippen molar-refractivity contribution in [3.05, 3.63) is 28.5 Å². The zero-order chi connectivity index (χ0) is 16.4. The van der Waals surface area contributed by atoms with Gasteiger partial charge < -0.3 is 11.1 Å². The lowest BCUT2D eigenvalue weighted by atomic mass is 10.3. The number of nitriles is 1. The van der Waals surface area contributed by atoms with Gasteiger partial charge in [-0.25, -0.2) is 9.97 Å². The van der Waals surface area contributed by atoms with Crippen molar-refractivity contribution in [1.82, 2.24) is 9.97 Å². The van der Waals surface area contributed by atoms with Gasteiger partial charge >= 0.3 is 0 Å². The Morgan fingerprint density at radius 3 is 2.96 bits per heavy atom. The van der Waals surface area contributed by atoms with Gasteiger partial charge in [-0.3, -0.25) is 4.79 Å². The van der Waals surface area contributed by atoms with Gasteiger partial charge in [0.25, 0.3) is 0 Å². The number of carbonyl (C=O) groups excluding carboxylic acids is 1. The topological polar surface area (TPSA) is 105 Å². The van der Waals surface area contributed by atoms with Crippen molar-refractivity contribution in [2.75, 3.05) is 11.1 Å². The first kappa shape index (κ1) is 15.7. The second-order valence-corrected chi connectivity index (χ2v) is 7.67. The summed E-state index contributed by atoms with van der Waals surface area (Å²) in [6.07, 6.45) is 0. The fraction of sp³-hybridized carbons (Fsp3) is 0.143. The van der Waals surface area contributed by atoms with Gasteiger partial charge in [0.15, 0.2) is 5.16 Å². The molecule has 3 rings (SSSR count). The number of nitrogens with two attached hydrogens (primary N) is 1. The van der Waals surface area contributed by atoms with Crippen LogP contribution in [-0.2, 0) is 4.79 Å². The summed E-state index contributed by atoms with van der Waals surface area (Å²) in [5.74, 6) is 0.207. The van der Waals surface area contributed by atoms with Gasteiger partial charge in [-0.05, 0) is 29.8 Å². The lowest BCUT2D eigenvalue weighted by molar-refractivity contribution is -0.115. The standard InChI is InChI=1S/C14H11N5OS3/c1-7(11(20)18-12-8(6-15)2-4-21-12)23-14-17-10(16)9-3-5-22-13(9)19-14/h2-5,7H,1H3,(H,18,20)(H2,16,17,19)/t7-/m0/s1. The van der Waals surface area contributed by atoms with E-state index in [-0.39, 0.29) is 5.91 Å². The van der Waals surface area contributed by atoms with Crippen LogP contribution in [0.2, 0.25) is 0 Å². The van der Waals surface area contributed by atoms with Crippen LogP contribution in [0.5, 0.6) is 0 Å². The molecule has 0 aromatic carbocycles. The highest BCUT2D eigenvalue weighted by Crippen LogP contribution is 2.29. The van der Waals surface area contributed by atoms with E-state index in [1.165, 1.54) is 34.4 Å². The van der Waals surface area contributed by atoms with Gasteiger partial charge in [0.1, 0.15) is 21.7 Å². The lowest BCUT2D eigenvalue weighted by Gasteiger charge is -2.10. The van der Waals surface area contributed by atoms with E-state index in [0.29, 0.717) is 21.5 Å². The number of amides is 1. The number of thioether (sulfide) groups is 1. The molecule has 0 aliphatic rings. The minimum atomic E-state index is -0.416. The van der Waals surface area contributed by atoms with E-state index in [9.17, 15) is 4.79 Å². The second-order valence-electron chi connectivity index (χ2n) is 4.56. The van der Waals surface area contributed by atoms with Crippen molar-refractivity contribution < 1.29 is 4.79 Å². The smallest absolute Gasteiger partial charge is 0.238 e. The van der Waals surface area contributed by atoms with E-state index in [1.54, 1.807) is 18.4 Å². The predicted octanol–water partition coefficient (Wildman–Crippen LogP) is 3.33. The fourth-order valence-corrected chi connectivity index (χ4v) is 4.18. The number of nitrogens with zero attached hydrogens (tertiary/aromatic N) is 3. The van der Waals surface area contributed by atoms with Crippen molar-refractivity contribution in [1.29, 1.82) is 5.26 Å². The van der Waals surface area contributed by atoms with Crippen LogP contribution in [0.1, 0.15) is 12.5 Å². The lowest BCUT2D eigenvalue weighted by Crippen LogP contribution is -2.22. The Balaban J connectivity index is 1.73. The predicted molar refractivity (Wildman–Crippen MR) is 94.8 cm³/mol. The number of rotatable bonds is 4. The zero-order valence-electron chi connectivity index (χ0n) is 11.9. The summed E-state index contributed by atoms with van der Waals surface area (Å²) in [5.41, 5.74) is 6.37. The monoisotopic (exact) mass is 361 g/mol. The average Bonchev–Trinajstić information content (AvgIpc) is 3.15. The number of nitrogens with one attached hydrogen (secondary N) is 1. The molecule has 0 bridgehead atoms. The van der Waals surface area contributed by atoms with Gasteiger partial charge in [-0.1, -0.05) is 11.8 Å². The molecule has 3 aromatic heterocycles. The largest absolute Gasteiger partial charge is 0.383 e. The number of anilines is 2. The Morgan fingerprint density at radius 2 is 2.17 bits per heavy atom. The summed E-state index contributed by atoms with van der Waals surface area (Å²) in [5, 5.41) is 16.8. The third-order valence-electron chi connectivity index (χ3n) is 3.01. The molecule has 1 atom stereocenters. The molecule has 0 aliphatic heterocycles. The molecular weight excluding hydrogens is 350 g/mol. The molecule has 0 aliphatic carbocycles. The number of nitrogen functional groups attached to an aromatic ring is 1. The number of fused-ring (bicyclic) bond motifs is 1. The van der Waals surface area contributed by atoms with Crippen LogP contribution in [-0.4, -0.2) is 21.1 Å². The summed E-state index contributed by atoms with van der Waals surface area (Å²) in [7, 11) is 0. The van der Waals surface area contributed by atoms with E-state index in [2.05, 4.69) is 15.3 Å². The van der Waals surface area contributed by atoms with Gasteiger partial charge in [0.2, 0.25) is 5.91 Å². The maximum absolute atomic E-state index is 12.3. The molecule has 0 unspecified atom stereocenters. The number of aromatic nitrogens is 2. The molecule has 6 nitrogen and oxygen atoms in total. The quantitative estimate of drug-likeness (QED) is 0.545. The van der Waals surface area contributed by atoms with E-state index in [1.807, 2.05) is 17.5 Å². The van der Waals surface area contributed by atoms with Gasteiger partial charge in [0, 0.05) is 0 Å². The highest BCUT2D eigenvalue weighted by molar-refractivity contribution is 8.00.